The molecule has 3 aromatic rings. The zero-order valence-corrected chi connectivity index (χ0v) is 17.8. The summed E-state index contributed by atoms with van der Waals surface area (Å²) in [5, 5.41) is 3.23. The Morgan fingerprint density at radius 3 is 2.39 bits per heavy atom. The second-order valence-corrected chi connectivity index (χ2v) is 7.75. The van der Waals surface area contributed by atoms with Gasteiger partial charge < -0.3 is 15.1 Å². The number of anilines is 2. The molecule has 1 aliphatic rings. The lowest BCUT2D eigenvalue weighted by Crippen LogP contribution is -2.35. The Kier molecular flexibility index (Phi) is 6.48. The minimum absolute atomic E-state index is 0.0630. The largest absolute Gasteiger partial charge is 0.355 e. The molecule has 0 aliphatic carbocycles. The van der Waals surface area contributed by atoms with Crippen LogP contribution in [0.1, 0.15) is 27.1 Å². The van der Waals surface area contributed by atoms with Crippen LogP contribution in [-0.4, -0.2) is 47.9 Å². The van der Waals surface area contributed by atoms with Crippen molar-refractivity contribution in [2.75, 3.05) is 36.4 Å². The van der Waals surface area contributed by atoms with Crippen LogP contribution in [0.25, 0.3) is 0 Å². The summed E-state index contributed by atoms with van der Waals surface area (Å²) in [6, 6.07) is 20.0. The number of nitrogens with one attached hydrogen (secondary N) is 1. The highest BCUT2D eigenvalue weighted by Crippen LogP contribution is 2.20. The van der Waals surface area contributed by atoms with Gasteiger partial charge in [-0.05, 0) is 42.8 Å². The van der Waals surface area contributed by atoms with Gasteiger partial charge in [-0.1, -0.05) is 41.9 Å². The van der Waals surface area contributed by atoms with Gasteiger partial charge in [-0.15, -0.1) is 0 Å². The molecule has 31 heavy (non-hydrogen) atoms. The van der Waals surface area contributed by atoms with Gasteiger partial charge in [-0.2, -0.15) is 0 Å². The van der Waals surface area contributed by atoms with Crippen molar-refractivity contribution in [1.82, 2.24) is 9.88 Å². The summed E-state index contributed by atoms with van der Waals surface area (Å²) in [6.45, 7) is 2.88. The predicted octanol–water partition coefficient (Wildman–Crippen LogP) is 4.34. The van der Waals surface area contributed by atoms with Gasteiger partial charge >= 0.3 is 0 Å². The Bertz CT molecular complexity index is 1060. The van der Waals surface area contributed by atoms with Gasteiger partial charge in [-0.3, -0.25) is 9.59 Å². The van der Waals surface area contributed by atoms with E-state index < -0.39 is 0 Å². The van der Waals surface area contributed by atoms with Gasteiger partial charge in [-0.25, -0.2) is 4.98 Å². The zero-order valence-electron chi connectivity index (χ0n) is 17.0. The number of pyridine rings is 1. The molecule has 1 aliphatic heterocycles. The molecule has 4 rings (SSSR count). The number of halogens is 1. The third-order valence-corrected chi connectivity index (χ3v) is 5.58. The Balaban J connectivity index is 1.37. The van der Waals surface area contributed by atoms with E-state index in [9.17, 15) is 9.59 Å². The van der Waals surface area contributed by atoms with E-state index in [4.69, 9.17) is 11.6 Å². The molecule has 1 saturated heterocycles. The first-order valence-electron chi connectivity index (χ1n) is 10.2. The lowest BCUT2D eigenvalue weighted by atomic mass is 10.2. The third kappa shape index (κ3) is 5.03. The molecule has 2 amide bonds. The van der Waals surface area contributed by atoms with Crippen molar-refractivity contribution in [3.8, 4) is 0 Å². The van der Waals surface area contributed by atoms with E-state index in [-0.39, 0.29) is 11.8 Å². The predicted molar refractivity (Wildman–Crippen MR) is 123 cm³/mol. The molecule has 0 saturated carbocycles. The molecule has 0 unspecified atom stereocenters. The molecule has 158 valence electrons. The Morgan fingerprint density at radius 1 is 0.871 bits per heavy atom. The number of hydrogen-bond acceptors (Lipinski definition) is 4. The normalized spacial score (nSPS) is 14.1. The van der Waals surface area contributed by atoms with Crippen molar-refractivity contribution in [3.05, 3.63) is 89.1 Å². The van der Waals surface area contributed by atoms with Crippen LogP contribution in [-0.2, 0) is 0 Å². The number of hydrogen-bond donors (Lipinski definition) is 1. The van der Waals surface area contributed by atoms with Crippen LogP contribution in [0.5, 0.6) is 0 Å². The quantitative estimate of drug-likeness (QED) is 0.663. The number of rotatable bonds is 4. The molecule has 1 aromatic heterocycles. The molecule has 1 fully saturated rings. The average molecular weight is 435 g/mol. The van der Waals surface area contributed by atoms with E-state index >= 15 is 0 Å². The molecule has 6 nitrogen and oxygen atoms in total. The minimum atomic E-state index is -0.273. The maximum atomic E-state index is 12.7. The molecule has 0 spiro atoms. The summed E-state index contributed by atoms with van der Waals surface area (Å²) in [5.74, 6) is 0.614. The fraction of sp³-hybridized carbons (Fsp3) is 0.208. The highest BCUT2D eigenvalue weighted by atomic mass is 35.5. The van der Waals surface area contributed by atoms with Crippen molar-refractivity contribution in [2.45, 2.75) is 6.42 Å². The summed E-state index contributed by atoms with van der Waals surface area (Å²) in [5.41, 5.74) is 1.74. The molecule has 0 atom stereocenters. The van der Waals surface area contributed by atoms with E-state index in [0.29, 0.717) is 34.9 Å². The maximum absolute atomic E-state index is 12.7. The van der Waals surface area contributed by atoms with Crippen LogP contribution in [0.4, 0.5) is 11.5 Å². The van der Waals surface area contributed by atoms with Crippen molar-refractivity contribution in [2.24, 2.45) is 0 Å². The molecular formula is C24H23ClN4O2. The van der Waals surface area contributed by atoms with E-state index in [1.165, 1.54) is 0 Å². The molecule has 7 heteroatoms. The summed E-state index contributed by atoms with van der Waals surface area (Å²) in [4.78, 5) is 33.7. The lowest BCUT2D eigenvalue weighted by molar-refractivity contribution is 0.0767. The highest BCUT2D eigenvalue weighted by molar-refractivity contribution is 6.34. The smallest absolute Gasteiger partial charge is 0.257 e. The van der Waals surface area contributed by atoms with Crippen molar-refractivity contribution >= 4 is 34.9 Å². The topological polar surface area (TPSA) is 65.5 Å². The molecular weight excluding hydrogens is 412 g/mol. The van der Waals surface area contributed by atoms with Crippen LogP contribution in [0.3, 0.4) is 0 Å². The van der Waals surface area contributed by atoms with Crippen LogP contribution in [0.2, 0.25) is 5.02 Å². The first-order chi connectivity index (χ1) is 15.1. The molecule has 0 radical (unpaired) electrons. The first kappa shape index (κ1) is 20.9. The number of benzene rings is 2. The van der Waals surface area contributed by atoms with Crippen molar-refractivity contribution < 1.29 is 9.59 Å². The van der Waals surface area contributed by atoms with Crippen LogP contribution >= 0.6 is 11.6 Å². The van der Waals surface area contributed by atoms with Gasteiger partial charge in [0, 0.05) is 31.7 Å². The fourth-order valence-corrected chi connectivity index (χ4v) is 3.83. The van der Waals surface area contributed by atoms with E-state index in [1.54, 1.807) is 30.5 Å². The van der Waals surface area contributed by atoms with E-state index in [2.05, 4.69) is 15.2 Å². The highest BCUT2D eigenvalue weighted by Gasteiger charge is 2.21. The molecule has 1 N–H and O–H groups in total. The Labute approximate surface area is 186 Å². The molecule has 2 heterocycles. The second-order valence-electron chi connectivity index (χ2n) is 7.34. The fourth-order valence-electron chi connectivity index (χ4n) is 3.60. The van der Waals surface area contributed by atoms with Crippen LogP contribution in [0.15, 0.2) is 72.9 Å². The number of aromatic nitrogens is 1. The SMILES string of the molecule is O=C(Nc1ccc(N2CCCN(C(=O)c3ccccc3)CC2)nc1)c1ccccc1Cl. The number of nitrogens with zero attached hydrogens (tertiary/aromatic N) is 3. The minimum Gasteiger partial charge on any atom is -0.355 e. The Hall–Kier alpha value is -3.38. The van der Waals surface area contributed by atoms with Gasteiger partial charge in [0.05, 0.1) is 22.5 Å². The van der Waals surface area contributed by atoms with Gasteiger partial charge in [0.25, 0.3) is 11.8 Å². The molecule has 2 aromatic carbocycles. The lowest BCUT2D eigenvalue weighted by Gasteiger charge is -2.23. The second kappa shape index (κ2) is 9.62. The van der Waals surface area contributed by atoms with Crippen molar-refractivity contribution in [3.63, 3.8) is 0 Å². The Morgan fingerprint density at radius 2 is 1.65 bits per heavy atom. The summed E-state index contributed by atoms with van der Waals surface area (Å²) < 4.78 is 0. The van der Waals surface area contributed by atoms with Gasteiger partial charge in [0.1, 0.15) is 5.82 Å². The maximum Gasteiger partial charge on any atom is 0.257 e. The van der Waals surface area contributed by atoms with Crippen molar-refractivity contribution in [1.29, 1.82) is 0 Å². The summed E-state index contributed by atoms with van der Waals surface area (Å²) >= 11 is 6.09. The molecule has 0 bridgehead atoms. The van der Waals surface area contributed by atoms with Gasteiger partial charge in [0.2, 0.25) is 0 Å². The van der Waals surface area contributed by atoms with Gasteiger partial charge in [0.15, 0.2) is 0 Å². The van der Waals surface area contributed by atoms with E-state index in [1.807, 2.05) is 47.4 Å². The van der Waals surface area contributed by atoms with Crippen LogP contribution < -0.4 is 10.2 Å². The first-order valence-corrected chi connectivity index (χ1v) is 10.6. The summed E-state index contributed by atoms with van der Waals surface area (Å²) in [6.07, 6.45) is 2.51. The summed E-state index contributed by atoms with van der Waals surface area (Å²) in [7, 11) is 0. The average Bonchev–Trinajstić information content (AvgIpc) is 3.06. The number of amides is 2. The zero-order chi connectivity index (χ0) is 21.6. The number of carbonyl (C=O) groups excluding carboxylic acids is 2. The third-order valence-electron chi connectivity index (χ3n) is 5.25. The number of carbonyl (C=O) groups is 2. The monoisotopic (exact) mass is 434 g/mol. The van der Waals surface area contributed by atoms with Crippen LogP contribution in [0, 0.1) is 0 Å². The standard InChI is InChI=1S/C24H23ClN4O2/c25-21-10-5-4-9-20(21)23(30)27-19-11-12-22(26-17-19)28-13-6-14-29(16-15-28)24(31)18-7-2-1-3-8-18/h1-5,7-12,17H,6,13-16H2,(H,27,30). The van der Waals surface area contributed by atoms with E-state index in [0.717, 1.165) is 25.3 Å².